The molecule has 2 rings (SSSR count). The smallest absolute Gasteiger partial charge is 0.150 e. The van der Waals surface area contributed by atoms with Crippen molar-refractivity contribution >= 4 is 33.0 Å². The average Bonchev–Trinajstić information content (AvgIpc) is 2.43. The topological polar surface area (TPSA) is 35.5 Å². The van der Waals surface area contributed by atoms with Gasteiger partial charge in [0.25, 0.3) is 0 Å². The van der Waals surface area contributed by atoms with Crippen LogP contribution in [0.25, 0.3) is 10.8 Å². The first-order chi connectivity index (χ1) is 8.81. The quantitative estimate of drug-likeness (QED) is 0.627. The molecule has 0 saturated carbocycles. The summed E-state index contributed by atoms with van der Waals surface area (Å²) >= 11 is 3.32. The zero-order valence-electron chi connectivity index (χ0n) is 9.98. The molecule has 0 saturated heterocycles. The highest BCUT2D eigenvalue weighted by Gasteiger charge is 2.10. The number of carbonyl (C=O) groups excluding carboxylic acids is 1. The number of halogens is 1. The maximum atomic E-state index is 11.1. The van der Waals surface area contributed by atoms with Crippen LogP contribution in [-0.4, -0.2) is 25.3 Å². The highest BCUT2D eigenvalue weighted by atomic mass is 79.9. The molecule has 0 N–H and O–H groups in total. The van der Waals surface area contributed by atoms with Crippen molar-refractivity contribution in [1.82, 2.24) is 0 Å². The zero-order valence-corrected chi connectivity index (χ0v) is 11.6. The van der Waals surface area contributed by atoms with E-state index in [1.807, 2.05) is 18.2 Å². The van der Waals surface area contributed by atoms with Crippen LogP contribution in [0.4, 0.5) is 0 Å². The van der Waals surface area contributed by atoms with E-state index in [1.54, 1.807) is 19.2 Å². The first kappa shape index (κ1) is 12.9. The summed E-state index contributed by atoms with van der Waals surface area (Å²) in [7, 11) is 1.61. The van der Waals surface area contributed by atoms with Crippen LogP contribution in [0.15, 0.2) is 30.3 Å². The molecule has 0 aliphatic rings. The Balaban J connectivity index is 2.67. The van der Waals surface area contributed by atoms with Crippen LogP contribution in [-0.2, 0) is 0 Å². The van der Waals surface area contributed by atoms with Gasteiger partial charge >= 0.3 is 0 Å². The van der Waals surface area contributed by atoms with Gasteiger partial charge in [0.15, 0.2) is 6.29 Å². The number of alkyl halides is 1. The van der Waals surface area contributed by atoms with Crippen molar-refractivity contribution in [2.24, 2.45) is 0 Å². The molecule has 0 spiro atoms. The Hall–Kier alpha value is -1.55. The van der Waals surface area contributed by atoms with Crippen LogP contribution in [0.2, 0.25) is 0 Å². The highest BCUT2D eigenvalue weighted by Crippen LogP contribution is 2.34. The first-order valence-corrected chi connectivity index (χ1v) is 6.67. The molecule has 0 aliphatic heterocycles. The van der Waals surface area contributed by atoms with E-state index in [-0.39, 0.29) is 0 Å². The highest BCUT2D eigenvalue weighted by molar-refractivity contribution is 9.09. The fraction of sp³-hybridized carbons (Fsp3) is 0.214. The Bertz CT molecular complexity index is 566. The van der Waals surface area contributed by atoms with Gasteiger partial charge in [-0.25, -0.2) is 0 Å². The van der Waals surface area contributed by atoms with Gasteiger partial charge in [-0.15, -0.1) is 0 Å². The summed E-state index contributed by atoms with van der Waals surface area (Å²) in [6.07, 6.45) is 0.836. The van der Waals surface area contributed by atoms with Crippen molar-refractivity contribution < 1.29 is 14.3 Å². The lowest BCUT2D eigenvalue weighted by atomic mass is 10.0. The number of fused-ring (bicyclic) bond motifs is 1. The lowest BCUT2D eigenvalue weighted by molar-refractivity contribution is 0.112. The molecular formula is C14H13BrO3. The van der Waals surface area contributed by atoms with E-state index >= 15 is 0 Å². The number of hydrogen-bond donors (Lipinski definition) is 0. The van der Waals surface area contributed by atoms with Crippen molar-refractivity contribution in [3.8, 4) is 11.5 Å². The van der Waals surface area contributed by atoms with Gasteiger partial charge in [0.2, 0.25) is 0 Å². The molecular weight excluding hydrogens is 296 g/mol. The summed E-state index contributed by atoms with van der Waals surface area (Å²) in [6.45, 7) is 0.550. The van der Waals surface area contributed by atoms with Gasteiger partial charge in [0, 0.05) is 21.7 Å². The largest absolute Gasteiger partial charge is 0.496 e. The second-order valence-corrected chi connectivity index (χ2v) is 4.48. The monoisotopic (exact) mass is 308 g/mol. The fourth-order valence-electron chi connectivity index (χ4n) is 1.92. The molecule has 3 nitrogen and oxygen atoms in total. The number of carbonyl (C=O) groups is 1. The van der Waals surface area contributed by atoms with Crippen molar-refractivity contribution in [3.05, 3.63) is 35.9 Å². The lowest BCUT2D eigenvalue weighted by Crippen LogP contribution is -2.00. The molecule has 2 aromatic carbocycles. The van der Waals surface area contributed by atoms with E-state index in [9.17, 15) is 4.79 Å². The van der Waals surface area contributed by atoms with Crippen molar-refractivity contribution in [2.45, 2.75) is 0 Å². The molecule has 2 aromatic rings. The molecule has 0 heterocycles. The van der Waals surface area contributed by atoms with E-state index in [0.29, 0.717) is 17.9 Å². The van der Waals surface area contributed by atoms with Gasteiger partial charge in [-0.3, -0.25) is 4.79 Å². The van der Waals surface area contributed by atoms with E-state index in [4.69, 9.17) is 9.47 Å². The predicted octanol–water partition coefficient (Wildman–Crippen LogP) is 3.43. The van der Waals surface area contributed by atoms with Crippen LogP contribution in [0, 0.1) is 0 Å². The number of aldehydes is 1. The van der Waals surface area contributed by atoms with Crippen molar-refractivity contribution in [1.29, 1.82) is 0 Å². The Labute approximate surface area is 114 Å². The fourth-order valence-corrected chi connectivity index (χ4v) is 2.08. The van der Waals surface area contributed by atoms with E-state index < -0.39 is 0 Å². The van der Waals surface area contributed by atoms with Gasteiger partial charge in [-0.05, 0) is 18.2 Å². The average molecular weight is 309 g/mol. The molecule has 18 heavy (non-hydrogen) atoms. The third-order valence-electron chi connectivity index (χ3n) is 2.68. The molecule has 0 aromatic heterocycles. The third-order valence-corrected chi connectivity index (χ3v) is 3.00. The molecule has 94 valence electrons. The summed E-state index contributed by atoms with van der Waals surface area (Å²) in [5, 5.41) is 2.42. The predicted molar refractivity (Wildman–Crippen MR) is 75.2 cm³/mol. The van der Waals surface area contributed by atoms with Crippen LogP contribution < -0.4 is 9.47 Å². The minimum absolute atomic E-state index is 0.550. The summed E-state index contributed by atoms with van der Waals surface area (Å²) < 4.78 is 11.0. The van der Waals surface area contributed by atoms with Gasteiger partial charge in [-0.1, -0.05) is 28.1 Å². The number of rotatable bonds is 5. The molecule has 0 radical (unpaired) electrons. The number of hydrogen-bond acceptors (Lipinski definition) is 3. The standard InChI is InChI=1S/C14H13BrO3/c1-17-12-6-5-10(9-16)14-11(12)3-2-4-13(14)18-8-7-15/h2-6,9H,7-8H2,1H3. The number of benzene rings is 2. The molecule has 0 bridgehead atoms. The second-order valence-electron chi connectivity index (χ2n) is 3.69. The van der Waals surface area contributed by atoms with E-state index in [0.717, 1.165) is 28.1 Å². The van der Waals surface area contributed by atoms with Crippen LogP contribution >= 0.6 is 15.9 Å². The van der Waals surface area contributed by atoms with Gasteiger partial charge in [0.05, 0.1) is 13.7 Å². The summed E-state index contributed by atoms with van der Waals surface area (Å²) in [5.41, 5.74) is 0.607. The molecule has 0 aliphatic carbocycles. The minimum atomic E-state index is 0.550. The van der Waals surface area contributed by atoms with Crippen molar-refractivity contribution in [3.63, 3.8) is 0 Å². The van der Waals surface area contributed by atoms with E-state index in [2.05, 4.69) is 15.9 Å². The number of ether oxygens (including phenoxy) is 2. The maximum Gasteiger partial charge on any atom is 0.150 e. The molecule has 0 fully saturated rings. The van der Waals surface area contributed by atoms with Gasteiger partial charge < -0.3 is 9.47 Å². The molecule has 0 unspecified atom stereocenters. The van der Waals surface area contributed by atoms with Crippen LogP contribution in [0.3, 0.4) is 0 Å². The maximum absolute atomic E-state index is 11.1. The van der Waals surface area contributed by atoms with Gasteiger partial charge in [0.1, 0.15) is 11.5 Å². The minimum Gasteiger partial charge on any atom is -0.496 e. The Morgan fingerprint density at radius 1 is 1.22 bits per heavy atom. The van der Waals surface area contributed by atoms with E-state index in [1.165, 1.54) is 0 Å². The SMILES string of the molecule is COc1ccc(C=O)c2c(OCCBr)cccc12. The van der Waals surface area contributed by atoms with Crippen molar-refractivity contribution in [2.75, 3.05) is 19.0 Å². The van der Waals surface area contributed by atoms with Crippen LogP contribution in [0.1, 0.15) is 10.4 Å². The Kier molecular flexibility index (Phi) is 4.20. The summed E-state index contributed by atoms with van der Waals surface area (Å²) in [5.74, 6) is 1.44. The Morgan fingerprint density at radius 3 is 2.72 bits per heavy atom. The second kappa shape index (κ2) is 5.87. The summed E-state index contributed by atoms with van der Waals surface area (Å²) in [6, 6.07) is 9.21. The molecule has 4 heteroatoms. The molecule has 0 amide bonds. The zero-order chi connectivity index (χ0) is 13.0. The summed E-state index contributed by atoms with van der Waals surface area (Å²) in [4.78, 5) is 11.1. The number of methoxy groups -OCH3 is 1. The Morgan fingerprint density at radius 2 is 2.06 bits per heavy atom. The molecule has 0 atom stereocenters. The first-order valence-electron chi connectivity index (χ1n) is 5.55. The normalized spacial score (nSPS) is 10.3. The van der Waals surface area contributed by atoms with Crippen LogP contribution in [0.5, 0.6) is 11.5 Å². The third kappa shape index (κ3) is 2.34. The lowest BCUT2D eigenvalue weighted by Gasteiger charge is -2.12. The van der Waals surface area contributed by atoms with Gasteiger partial charge in [-0.2, -0.15) is 0 Å².